The Morgan fingerprint density at radius 1 is 1.11 bits per heavy atom. The average molecular weight is 487 g/mol. The van der Waals surface area contributed by atoms with Crippen molar-refractivity contribution in [1.29, 1.82) is 0 Å². The lowest BCUT2D eigenvalue weighted by Crippen LogP contribution is -2.42. The first-order valence-corrected chi connectivity index (χ1v) is 11.5. The second-order valence-corrected chi connectivity index (χ2v) is 9.07. The summed E-state index contributed by atoms with van der Waals surface area (Å²) in [6, 6.07) is 12.5. The fourth-order valence-electron chi connectivity index (χ4n) is 4.31. The summed E-state index contributed by atoms with van der Waals surface area (Å²) in [6.07, 6.45) is -2.21. The Kier molecular flexibility index (Phi) is 7.16. The number of fused-ring (bicyclic) bond motifs is 1. The number of piperidine rings is 1. The SMILES string of the molecule is Cc1cc(N2CCC(N(C)C)CC2)nc2ccc(NC(=O)COc3ccc(C(F)(F)F)cc3)cc12. The number of carbonyl (C=O) groups is 1. The van der Waals surface area contributed by atoms with E-state index in [0.29, 0.717) is 11.7 Å². The van der Waals surface area contributed by atoms with E-state index in [1.54, 1.807) is 6.07 Å². The van der Waals surface area contributed by atoms with Crippen LogP contribution in [0.4, 0.5) is 24.7 Å². The van der Waals surface area contributed by atoms with Crippen LogP contribution < -0.4 is 15.0 Å². The van der Waals surface area contributed by atoms with Crippen molar-refractivity contribution in [2.45, 2.75) is 32.0 Å². The molecule has 2 heterocycles. The number of ether oxygens (including phenoxy) is 1. The van der Waals surface area contributed by atoms with Gasteiger partial charge in [0.2, 0.25) is 0 Å². The highest BCUT2D eigenvalue weighted by Crippen LogP contribution is 2.30. The maximum Gasteiger partial charge on any atom is 0.416 e. The number of hydrogen-bond acceptors (Lipinski definition) is 5. The standard InChI is InChI=1S/C26H29F3N4O2/c1-17-14-24(33-12-10-20(11-13-33)32(2)3)31-23-9-6-19(15-22(17)23)30-25(34)16-35-21-7-4-18(5-8-21)26(27,28)29/h4-9,14-15,20H,10-13,16H2,1-3H3,(H,30,34). The molecule has 1 N–H and O–H groups in total. The fraction of sp³-hybridized carbons (Fsp3) is 0.385. The quantitative estimate of drug-likeness (QED) is 0.525. The number of nitrogens with zero attached hydrogens (tertiary/aromatic N) is 3. The number of hydrogen-bond donors (Lipinski definition) is 1. The minimum absolute atomic E-state index is 0.189. The summed E-state index contributed by atoms with van der Waals surface area (Å²) in [7, 11) is 4.24. The largest absolute Gasteiger partial charge is 0.484 e. The van der Waals surface area contributed by atoms with Gasteiger partial charge < -0.3 is 19.9 Å². The Labute approximate surface area is 202 Å². The number of nitrogens with one attached hydrogen (secondary N) is 1. The van der Waals surface area contributed by atoms with Gasteiger partial charge in [-0.3, -0.25) is 4.79 Å². The highest BCUT2D eigenvalue weighted by Gasteiger charge is 2.30. The molecule has 1 aromatic heterocycles. The van der Waals surface area contributed by atoms with Gasteiger partial charge in [0.25, 0.3) is 5.91 Å². The number of aromatic nitrogens is 1. The molecule has 6 nitrogen and oxygen atoms in total. The second-order valence-electron chi connectivity index (χ2n) is 9.07. The first kappa shape index (κ1) is 24.8. The molecule has 0 radical (unpaired) electrons. The number of anilines is 2. The van der Waals surface area contributed by atoms with Crippen LogP contribution in [0.2, 0.25) is 0 Å². The number of carbonyl (C=O) groups excluding carboxylic acids is 1. The lowest BCUT2D eigenvalue weighted by Gasteiger charge is -2.36. The maximum atomic E-state index is 12.7. The van der Waals surface area contributed by atoms with Gasteiger partial charge in [0, 0.05) is 30.2 Å². The lowest BCUT2D eigenvalue weighted by atomic mass is 10.0. The van der Waals surface area contributed by atoms with E-state index in [1.165, 1.54) is 12.1 Å². The highest BCUT2D eigenvalue weighted by atomic mass is 19.4. The zero-order valence-corrected chi connectivity index (χ0v) is 20.0. The summed E-state index contributed by atoms with van der Waals surface area (Å²) in [5.41, 5.74) is 1.75. The number of halogens is 3. The maximum absolute atomic E-state index is 12.7. The molecule has 186 valence electrons. The van der Waals surface area contributed by atoms with E-state index in [2.05, 4.69) is 35.3 Å². The molecular weight excluding hydrogens is 457 g/mol. The van der Waals surface area contributed by atoms with Crippen LogP contribution in [0, 0.1) is 6.92 Å². The summed E-state index contributed by atoms with van der Waals surface area (Å²) >= 11 is 0. The van der Waals surface area contributed by atoms with E-state index < -0.39 is 17.6 Å². The van der Waals surface area contributed by atoms with Crippen LogP contribution in [0.5, 0.6) is 5.75 Å². The van der Waals surface area contributed by atoms with Gasteiger partial charge in [0.05, 0.1) is 11.1 Å². The molecule has 1 aliphatic rings. The molecule has 1 amide bonds. The summed E-state index contributed by atoms with van der Waals surface area (Å²) in [4.78, 5) is 21.8. The van der Waals surface area contributed by atoms with Gasteiger partial charge in [-0.15, -0.1) is 0 Å². The van der Waals surface area contributed by atoms with Crippen LogP contribution in [0.1, 0.15) is 24.0 Å². The molecule has 0 aliphatic carbocycles. The number of amides is 1. The molecule has 9 heteroatoms. The predicted octanol–water partition coefficient (Wildman–Crippen LogP) is 5.11. The summed E-state index contributed by atoms with van der Waals surface area (Å²) in [5, 5.41) is 3.72. The van der Waals surface area contributed by atoms with Crippen LogP contribution >= 0.6 is 0 Å². The summed E-state index contributed by atoms with van der Waals surface area (Å²) in [5.74, 6) is 0.748. The summed E-state index contributed by atoms with van der Waals surface area (Å²) in [6.45, 7) is 3.64. The molecule has 0 unspecified atom stereocenters. The first-order chi connectivity index (χ1) is 16.6. The summed E-state index contributed by atoms with van der Waals surface area (Å²) < 4.78 is 43.3. The van der Waals surface area contributed by atoms with Crippen molar-refractivity contribution < 1.29 is 22.7 Å². The molecule has 35 heavy (non-hydrogen) atoms. The van der Waals surface area contributed by atoms with E-state index in [-0.39, 0.29) is 12.4 Å². The zero-order chi connectivity index (χ0) is 25.2. The topological polar surface area (TPSA) is 57.7 Å². The molecule has 4 rings (SSSR count). The first-order valence-electron chi connectivity index (χ1n) is 11.5. The van der Waals surface area contributed by atoms with Gasteiger partial charge in [-0.05, 0) is 88.0 Å². The molecule has 1 aliphatic heterocycles. The number of alkyl halides is 3. The molecule has 1 fully saturated rings. The van der Waals surface area contributed by atoms with Gasteiger partial charge in [-0.1, -0.05) is 0 Å². The second kappa shape index (κ2) is 10.1. The number of rotatable bonds is 6. The smallest absolute Gasteiger partial charge is 0.416 e. The van der Waals surface area contributed by atoms with Crippen molar-refractivity contribution in [3.05, 3.63) is 59.7 Å². The minimum Gasteiger partial charge on any atom is -0.484 e. The van der Waals surface area contributed by atoms with E-state index in [4.69, 9.17) is 9.72 Å². The zero-order valence-electron chi connectivity index (χ0n) is 20.0. The number of benzene rings is 2. The van der Waals surface area contributed by atoms with Gasteiger partial charge in [0.1, 0.15) is 11.6 Å². The molecule has 2 aromatic carbocycles. The number of aryl methyl sites for hydroxylation is 1. The van der Waals surface area contributed by atoms with E-state index >= 15 is 0 Å². The van der Waals surface area contributed by atoms with E-state index in [0.717, 1.165) is 60.3 Å². The Morgan fingerprint density at radius 2 is 1.80 bits per heavy atom. The third-order valence-corrected chi connectivity index (χ3v) is 6.36. The highest BCUT2D eigenvalue weighted by molar-refractivity contribution is 5.95. The lowest BCUT2D eigenvalue weighted by molar-refractivity contribution is -0.137. The van der Waals surface area contributed by atoms with Crippen molar-refractivity contribution in [1.82, 2.24) is 9.88 Å². The van der Waals surface area contributed by atoms with E-state index in [9.17, 15) is 18.0 Å². The van der Waals surface area contributed by atoms with Gasteiger partial charge in [0.15, 0.2) is 6.61 Å². The molecule has 0 saturated carbocycles. The van der Waals surface area contributed by atoms with Crippen LogP contribution in [0.15, 0.2) is 48.5 Å². The van der Waals surface area contributed by atoms with Gasteiger partial charge in [-0.25, -0.2) is 4.98 Å². The third-order valence-electron chi connectivity index (χ3n) is 6.36. The predicted molar refractivity (Wildman–Crippen MR) is 131 cm³/mol. The van der Waals surface area contributed by atoms with Crippen molar-refractivity contribution in [2.24, 2.45) is 0 Å². The Bertz CT molecular complexity index is 1190. The van der Waals surface area contributed by atoms with Crippen LogP contribution in [0.3, 0.4) is 0 Å². The molecule has 3 aromatic rings. The van der Waals surface area contributed by atoms with Crippen molar-refractivity contribution >= 4 is 28.3 Å². The van der Waals surface area contributed by atoms with Crippen LogP contribution in [-0.4, -0.2) is 55.6 Å². The van der Waals surface area contributed by atoms with Crippen molar-refractivity contribution in [3.8, 4) is 5.75 Å². The Balaban J connectivity index is 1.38. The normalized spacial score (nSPS) is 15.0. The molecule has 0 bridgehead atoms. The monoisotopic (exact) mass is 486 g/mol. The van der Waals surface area contributed by atoms with Crippen molar-refractivity contribution in [3.63, 3.8) is 0 Å². The molecule has 0 spiro atoms. The van der Waals surface area contributed by atoms with Crippen molar-refractivity contribution in [2.75, 3.05) is 44.0 Å². The molecular formula is C26H29F3N4O2. The van der Waals surface area contributed by atoms with Crippen LogP contribution in [-0.2, 0) is 11.0 Å². The van der Waals surface area contributed by atoms with Gasteiger partial charge >= 0.3 is 6.18 Å². The number of pyridine rings is 1. The average Bonchev–Trinajstić information content (AvgIpc) is 2.83. The Morgan fingerprint density at radius 3 is 2.43 bits per heavy atom. The third kappa shape index (κ3) is 6.03. The minimum atomic E-state index is -4.41. The van der Waals surface area contributed by atoms with Crippen LogP contribution in [0.25, 0.3) is 10.9 Å². The molecule has 1 saturated heterocycles. The Hall–Kier alpha value is -3.33. The van der Waals surface area contributed by atoms with E-state index in [1.807, 2.05) is 19.1 Å². The molecule has 0 atom stereocenters. The fourth-order valence-corrected chi connectivity index (χ4v) is 4.31. The van der Waals surface area contributed by atoms with Gasteiger partial charge in [-0.2, -0.15) is 13.2 Å².